The smallest absolute Gasteiger partial charge is 0.407 e. The van der Waals surface area contributed by atoms with Crippen LogP contribution in [0.25, 0.3) is 0 Å². The third-order valence-electron chi connectivity index (χ3n) is 2.52. The average molecular weight is 329 g/mol. The van der Waals surface area contributed by atoms with E-state index in [9.17, 15) is 14.7 Å². The fourth-order valence-electron chi connectivity index (χ4n) is 1.54. The molecule has 3 N–H and O–H groups in total. The van der Waals surface area contributed by atoms with Crippen LogP contribution in [-0.2, 0) is 9.53 Å². The number of rotatable bonds is 7. The lowest BCUT2D eigenvalue weighted by Gasteiger charge is -2.19. The molecule has 0 aliphatic rings. The van der Waals surface area contributed by atoms with Gasteiger partial charge in [-0.2, -0.15) is 0 Å². The number of aliphatic hydroxyl groups is 1. The molecule has 0 spiro atoms. The van der Waals surface area contributed by atoms with E-state index in [-0.39, 0.29) is 18.9 Å². The zero-order valence-electron chi connectivity index (χ0n) is 13.1. The summed E-state index contributed by atoms with van der Waals surface area (Å²) in [5, 5.41) is 15.0. The SMILES string of the molecule is CC(C)(C)OC(=O)NCCCC(=O)NCC(O)c1cncs1. The van der Waals surface area contributed by atoms with Gasteiger partial charge in [0.25, 0.3) is 0 Å². The molecule has 0 saturated heterocycles. The van der Waals surface area contributed by atoms with Gasteiger partial charge < -0.3 is 20.5 Å². The molecular weight excluding hydrogens is 306 g/mol. The normalized spacial score (nSPS) is 12.5. The number of aromatic nitrogens is 1. The molecule has 0 aliphatic heterocycles. The number of hydrogen-bond donors (Lipinski definition) is 3. The van der Waals surface area contributed by atoms with Gasteiger partial charge in [-0.1, -0.05) is 0 Å². The van der Waals surface area contributed by atoms with Crippen molar-refractivity contribution in [3.05, 3.63) is 16.6 Å². The van der Waals surface area contributed by atoms with E-state index in [4.69, 9.17) is 4.74 Å². The molecule has 0 saturated carbocycles. The van der Waals surface area contributed by atoms with E-state index in [1.54, 1.807) is 32.5 Å². The monoisotopic (exact) mass is 329 g/mol. The van der Waals surface area contributed by atoms with Crippen molar-refractivity contribution < 1.29 is 19.4 Å². The molecule has 1 unspecified atom stereocenters. The number of nitrogens with zero attached hydrogens (tertiary/aromatic N) is 1. The van der Waals surface area contributed by atoms with E-state index in [1.165, 1.54) is 11.3 Å². The lowest BCUT2D eigenvalue weighted by Crippen LogP contribution is -2.33. The number of aliphatic hydroxyl groups excluding tert-OH is 1. The van der Waals surface area contributed by atoms with Crippen molar-refractivity contribution in [3.8, 4) is 0 Å². The first kappa shape index (κ1) is 18.4. The molecule has 1 heterocycles. The standard InChI is InChI=1S/C14H23N3O4S/c1-14(2,3)21-13(20)16-6-4-5-12(19)17-7-10(18)11-8-15-9-22-11/h8-10,18H,4-7H2,1-3H3,(H,16,20)(H,17,19). The maximum absolute atomic E-state index is 11.6. The van der Waals surface area contributed by atoms with Crippen molar-refractivity contribution >= 4 is 23.3 Å². The molecule has 2 amide bonds. The molecule has 1 atom stereocenters. The maximum Gasteiger partial charge on any atom is 0.407 e. The third kappa shape index (κ3) is 7.94. The first-order valence-electron chi connectivity index (χ1n) is 7.08. The van der Waals surface area contributed by atoms with Crippen LogP contribution in [-0.4, -0.2) is 40.8 Å². The first-order valence-corrected chi connectivity index (χ1v) is 7.96. The Balaban J connectivity index is 2.10. The van der Waals surface area contributed by atoms with Crippen LogP contribution in [0, 0.1) is 0 Å². The van der Waals surface area contributed by atoms with Crippen molar-refractivity contribution in [1.29, 1.82) is 0 Å². The van der Waals surface area contributed by atoms with Crippen molar-refractivity contribution in [2.75, 3.05) is 13.1 Å². The lowest BCUT2D eigenvalue weighted by atomic mass is 10.2. The Kier molecular flexibility index (Phi) is 7.26. The minimum atomic E-state index is -0.740. The summed E-state index contributed by atoms with van der Waals surface area (Å²) in [5.41, 5.74) is 1.09. The van der Waals surface area contributed by atoms with Gasteiger partial charge in [0, 0.05) is 25.7 Å². The Labute approximate surface area is 134 Å². The molecule has 0 bridgehead atoms. The Bertz CT molecular complexity index is 471. The van der Waals surface area contributed by atoms with Gasteiger partial charge in [-0.25, -0.2) is 4.79 Å². The second-order valence-electron chi connectivity index (χ2n) is 5.76. The maximum atomic E-state index is 11.6. The summed E-state index contributed by atoms with van der Waals surface area (Å²) in [6.45, 7) is 5.87. The van der Waals surface area contributed by atoms with Crippen LogP contribution in [0.2, 0.25) is 0 Å². The van der Waals surface area contributed by atoms with Crippen molar-refractivity contribution in [2.24, 2.45) is 0 Å². The van der Waals surface area contributed by atoms with Crippen LogP contribution in [0.5, 0.6) is 0 Å². The van der Waals surface area contributed by atoms with E-state index in [0.29, 0.717) is 17.8 Å². The predicted octanol–water partition coefficient (Wildman–Crippen LogP) is 1.60. The van der Waals surface area contributed by atoms with Crippen LogP contribution < -0.4 is 10.6 Å². The van der Waals surface area contributed by atoms with Crippen molar-refractivity contribution in [2.45, 2.75) is 45.3 Å². The summed E-state index contributed by atoms with van der Waals surface area (Å²) in [6, 6.07) is 0. The van der Waals surface area contributed by atoms with Gasteiger partial charge >= 0.3 is 6.09 Å². The summed E-state index contributed by atoms with van der Waals surface area (Å²) < 4.78 is 5.08. The minimum Gasteiger partial charge on any atom is -0.444 e. The number of alkyl carbamates (subject to hydrolysis) is 1. The molecule has 0 fully saturated rings. The van der Waals surface area contributed by atoms with Crippen LogP contribution >= 0.6 is 11.3 Å². The van der Waals surface area contributed by atoms with E-state index >= 15 is 0 Å². The topological polar surface area (TPSA) is 101 Å². The van der Waals surface area contributed by atoms with Gasteiger partial charge in [0.15, 0.2) is 0 Å². The minimum absolute atomic E-state index is 0.153. The number of thiazole rings is 1. The van der Waals surface area contributed by atoms with E-state index in [0.717, 1.165) is 0 Å². The molecule has 1 aromatic heterocycles. The van der Waals surface area contributed by atoms with E-state index < -0.39 is 17.8 Å². The number of carbonyl (C=O) groups is 2. The first-order chi connectivity index (χ1) is 10.3. The average Bonchev–Trinajstić information content (AvgIpc) is 2.93. The summed E-state index contributed by atoms with van der Waals surface area (Å²) in [7, 11) is 0. The Hall–Kier alpha value is -1.67. The molecule has 124 valence electrons. The van der Waals surface area contributed by atoms with E-state index in [1.807, 2.05) is 0 Å². The predicted molar refractivity (Wildman–Crippen MR) is 83.6 cm³/mol. The lowest BCUT2D eigenvalue weighted by molar-refractivity contribution is -0.121. The second-order valence-corrected chi connectivity index (χ2v) is 6.67. The molecule has 1 aromatic rings. The van der Waals surface area contributed by atoms with Gasteiger partial charge in [0.2, 0.25) is 5.91 Å². The number of ether oxygens (including phenoxy) is 1. The van der Waals surface area contributed by atoms with E-state index in [2.05, 4.69) is 15.6 Å². The highest BCUT2D eigenvalue weighted by molar-refractivity contribution is 7.09. The fraction of sp³-hybridized carbons (Fsp3) is 0.643. The van der Waals surface area contributed by atoms with Gasteiger partial charge in [0.05, 0.1) is 10.4 Å². The third-order valence-corrected chi connectivity index (χ3v) is 3.40. The largest absolute Gasteiger partial charge is 0.444 e. The highest BCUT2D eigenvalue weighted by Crippen LogP contribution is 2.15. The Morgan fingerprint density at radius 1 is 1.41 bits per heavy atom. The molecule has 1 rings (SSSR count). The number of amides is 2. The summed E-state index contributed by atoms with van der Waals surface area (Å²) in [4.78, 5) is 27.6. The summed E-state index contributed by atoms with van der Waals surface area (Å²) in [6.07, 6.45) is 1.11. The molecular formula is C14H23N3O4S. The summed E-state index contributed by atoms with van der Waals surface area (Å²) in [5.74, 6) is -0.172. The highest BCUT2D eigenvalue weighted by atomic mass is 32.1. The van der Waals surface area contributed by atoms with Crippen LogP contribution in [0.15, 0.2) is 11.7 Å². The fourth-order valence-corrected chi connectivity index (χ4v) is 2.15. The van der Waals surface area contributed by atoms with Crippen LogP contribution in [0.1, 0.15) is 44.6 Å². The van der Waals surface area contributed by atoms with Gasteiger partial charge in [0.1, 0.15) is 11.7 Å². The Morgan fingerprint density at radius 2 is 2.14 bits per heavy atom. The molecule has 0 radical (unpaired) electrons. The van der Waals surface area contributed by atoms with Gasteiger partial charge in [-0.3, -0.25) is 9.78 Å². The molecule has 0 aromatic carbocycles. The van der Waals surface area contributed by atoms with Crippen molar-refractivity contribution in [1.82, 2.24) is 15.6 Å². The quantitative estimate of drug-likeness (QED) is 0.660. The number of carbonyl (C=O) groups excluding carboxylic acids is 2. The highest BCUT2D eigenvalue weighted by Gasteiger charge is 2.15. The summed E-state index contributed by atoms with van der Waals surface area (Å²) >= 11 is 1.34. The van der Waals surface area contributed by atoms with Crippen LogP contribution in [0.4, 0.5) is 4.79 Å². The molecule has 0 aliphatic carbocycles. The Morgan fingerprint density at radius 3 is 2.73 bits per heavy atom. The number of nitrogens with one attached hydrogen (secondary N) is 2. The second kappa shape index (κ2) is 8.70. The zero-order chi connectivity index (χ0) is 16.6. The van der Waals surface area contributed by atoms with Gasteiger partial charge in [-0.05, 0) is 27.2 Å². The van der Waals surface area contributed by atoms with Crippen molar-refractivity contribution in [3.63, 3.8) is 0 Å². The van der Waals surface area contributed by atoms with Crippen LogP contribution in [0.3, 0.4) is 0 Å². The molecule has 7 nitrogen and oxygen atoms in total. The van der Waals surface area contributed by atoms with Gasteiger partial charge in [-0.15, -0.1) is 11.3 Å². The molecule has 8 heteroatoms. The molecule has 22 heavy (non-hydrogen) atoms. The zero-order valence-corrected chi connectivity index (χ0v) is 13.9. The number of hydrogen-bond acceptors (Lipinski definition) is 6.